The minimum Gasteiger partial charge on any atom is -0.340 e. The molecule has 4 heteroatoms. The Bertz CT molecular complexity index is 384. The molecule has 1 saturated heterocycles. The molecule has 1 N–H and O–H groups in total. The van der Waals surface area contributed by atoms with Crippen molar-refractivity contribution in [2.75, 3.05) is 6.54 Å². The number of carbonyl (C=O) groups excluding carboxylic acids is 2. The summed E-state index contributed by atoms with van der Waals surface area (Å²) < 4.78 is 0. The molecule has 0 unspecified atom stereocenters. The normalized spacial score (nSPS) is 24.2. The largest absolute Gasteiger partial charge is 0.340 e. The molecule has 0 bridgehead atoms. The Kier molecular flexibility index (Phi) is 4.40. The predicted octanol–water partition coefficient (Wildman–Crippen LogP) is 2.62. The maximum Gasteiger partial charge on any atom is 0.249 e. The first-order valence-corrected chi connectivity index (χ1v) is 8.09. The molecule has 1 saturated carbocycles. The lowest BCUT2D eigenvalue weighted by molar-refractivity contribution is -0.161. The van der Waals surface area contributed by atoms with Gasteiger partial charge in [0.1, 0.15) is 11.1 Å². The molecule has 0 atom stereocenters. The summed E-state index contributed by atoms with van der Waals surface area (Å²) in [5.41, 5.74) is -1.30. The Hall–Kier alpha value is -1.06. The van der Waals surface area contributed by atoms with Crippen molar-refractivity contribution >= 4 is 11.8 Å². The van der Waals surface area contributed by atoms with Gasteiger partial charge in [0, 0.05) is 6.54 Å². The third-order valence-electron chi connectivity index (χ3n) is 4.93. The van der Waals surface area contributed by atoms with Gasteiger partial charge in [0.15, 0.2) is 0 Å². The van der Waals surface area contributed by atoms with Crippen LogP contribution >= 0.6 is 0 Å². The predicted molar refractivity (Wildman–Crippen MR) is 79.3 cm³/mol. The molecular formula is C16H28N2O2. The molecule has 2 amide bonds. The summed E-state index contributed by atoms with van der Waals surface area (Å²) in [6, 6.07) is 0. The van der Waals surface area contributed by atoms with E-state index < -0.39 is 11.1 Å². The summed E-state index contributed by atoms with van der Waals surface area (Å²) in [6.07, 6.45) is 8.18. The van der Waals surface area contributed by atoms with Gasteiger partial charge in [-0.25, -0.2) is 0 Å². The Morgan fingerprint density at radius 1 is 1.10 bits per heavy atom. The van der Waals surface area contributed by atoms with Crippen LogP contribution in [0.3, 0.4) is 0 Å². The summed E-state index contributed by atoms with van der Waals surface area (Å²) in [6.45, 7) is 6.61. The molecule has 1 heterocycles. The lowest BCUT2D eigenvalue weighted by Crippen LogP contribution is -2.73. The molecule has 0 aromatic heterocycles. The Labute approximate surface area is 122 Å². The minimum absolute atomic E-state index is 0.00879. The number of carbonyl (C=O) groups is 2. The Morgan fingerprint density at radius 3 is 2.35 bits per heavy atom. The third kappa shape index (κ3) is 2.57. The molecule has 2 fully saturated rings. The molecule has 0 aromatic rings. The highest BCUT2D eigenvalue weighted by atomic mass is 16.2. The first kappa shape index (κ1) is 15.3. The van der Waals surface area contributed by atoms with Gasteiger partial charge >= 0.3 is 0 Å². The van der Waals surface area contributed by atoms with E-state index in [4.69, 9.17) is 0 Å². The van der Waals surface area contributed by atoms with Crippen LogP contribution in [0.1, 0.15) is 72.1 Å². The quantitative estimate of drug-likeness (QED) is 0.787. The van der Waals surface area contributed by atoms with Gasteiger partial charge in [0.2, 0.25) is 11.8 Å². The summed E-state index contributed by atoms with van der Waals surface area (Å²) in [4.78, 5) is 27.1. The van der Waals surface area contributed by atoms with Crippen LogP contribution < -0.4 is 5.32 Å². The van der Waals surface area contributed by atoms with Gasteiger partial charge in [0.05, 0.1) is 0 Å². The zero-order valence-electron chi connectivity index (χ0n) is 13.1. The average Bonchev–Trinajstić information content (AvgIpc) is 2.86. The molecule has 0 radical (unpaired) electrons. The van der Waals surface area contributed by atoms with E-state index in [9.17, 15) is 9.59 Å². The summed E-state index contributed by atoms with van der Waals surface area (Å²) in [7, 11) is 0. The number of rotatable bonds is 5. The van der Waals surface area contributed by atoms with Crippen LogP contribution in [0.4, 0.5) is 0 Å². The van der Waals surface area contributed by atoms with Gasteiger partial charge in [-0.3, -0.25) is 9.59 Å². The van der Waals surface area contributed by atoms with E-state index in [-0.39, 0.29) is 11.8 Å². The van der Waals surface area contributed by atoms with E-state index in [0.717, 1.165) is 38.5 Å². The third-order valence-corrected chi connectivity index (χ3v) is 4.93. The smallest absolute Gasteiger partial charge is 0.249 e. The molecule has 1 aliphatic heterocycles. The summed E-state index contributed by atoms with van der Waals surface area (Å²) >= 11 is 0. The fourth-order valence-electron chi connectivity index (χ4n) is 3.45. The average molecular weight is 280 g/mol. The lowest BCUT2D eigenvalue weighted by atomic mass is 9.85. The van der Waals surface area contributed by atoms with Crippen LogP contribution in [0.15, 0.2) is 0 Å². The van der Waals surface area contributed by atoms with Crippen LogP contribution in [0.5, 0.6) is 0 Å². The second-order valence-electron chi connectivity index (χ2n) is 6.82. The SMILES string of the molecule is CCCCCCN1C(=O)C2(CCCC2)NC(=O)C1(C)C. The van der Waals surface area contributed by atoms with Crippen molar-refractivity contribution in [2.45, 2.75) is 83.2 Å². The molecule has 2 aliphatic rings. The number of hydrogen-bond acceptors (Lipinski definition) is 2. The number of hydrogen-bond donors (Lipinski definition) is 1. The number of nitrogens with zero attached hydrogens (tertiary/aromatic N) is 1. The van der Waals surface area contributed by atoms with E-state index in [1.807, 2.05) is 18.7 Å². The van der Waals surface area contributed by atoms with Crippen LogP contribution in [0.2, 0.25) is 0 Å². The monoisotopic (exact) mass is 280 g/mol. The minimum atomic E-state index is -0.711. The van der Waals surface area contributed by atoms with Crippen molar-refractivity contribution in [2.24, 2.45) is 0 Å². The second-order valence-corrected chi connectivity index (χ2v) is 6.82. The molecular weight excluding hydrogens is 252 g/mol. The van der Waals surface area contributed by atoms with Gasteiger partial charge in [-0.1, -0.05) is 39.0 Å². The van der Waals surface area contributed by atoms with E-state index in [2.05, 4.69) is 12.2 Å². The summed E-state index contributed by atoms with van der Waals surface area (Å²) in [5.74, 6) is 0.158. The topological polar surface area (TPSA) is 49.4 Å². The van der Waals surface area contributed by atoms with Crippen molar-refractivity contribution < 1.29 is 9.59 Å². The zero-order valence-corrected chi connectivity index (χ0v) is 13.1. The van der Waals surface area contributed by atoms with E-state index in [0.29, 0.717) is 6.54 Å². The van der Waals surface area contributed by atoms with Crippen molar-refractivity contribution in [3.05, 3.63) is 0 Å². The highest BCUT2D eigenvalue weighted by molar-refractivity contribution is 6.02. The molecule has 20 heavy (non-hydrogen) atoms. The highest BCUT2D eigenvalue weighted by Gasteiger charge is 2.54. The molecule has 0 aromatic carbocycles. The molecule has 1 spiro atoms. The van der Waals surface area contributed by atoms with Gasteiger partial charge in [0.25, 0.3) is 0 Å². The first-order chi connectivity index (χ1) is 9.44. The first-order valence-electron chi connectivity index (χ1n) is 8.09. The number of amides is 2. The van der Waals surface area contributed by atoms with E-state index >= 15 is 0 Å². The van der Waals surface area contributed by atoms with Gasteiger partial charge in [-0.2, -0.15) is 0 Å². The van der Waals surface area contributed by atoms with Gasteiger partial charge < -0.3 is 10.2 Å². The molecule has 2 rings (SSSR count). The van der Waals surface area contributed by atoms with Crippen LogP contribution in [0, 0.1) is 0 Å². The van der Waals surface area contributed by atoms with Crippen LogP contribution in [-0.2, 0) is 9.59 Å². The van der Waals surface area contributed by atoms with Crippen molar-refractivity contribution in [1.29, 1.82) is 0 Å². The lowest BCUT2D eigenvalue weighted by Gasteiger charge is -2.49. The van der Waals surface area contributed by atoms with Crippen molar-refractivity contribution in [3.8, 4) is 0 Å². The van der Waals surface area contributed by atoms with Gasteiger partial charge in [-0.05, 0) is 33.1 Å². The molecule has 114 valence electrons. The number of piperazine rings is 1. The second kappa shape index (κ2) is 5.74. The fourth-order valence-corrected chi connectivity index (χ4v) is 3.45. The maximum atomic E-state index is 12.9. The molecule has 4 nitrogen and oxygen atoms in total. The van der Waals surface area contributed by atoms with Crippen LogP contribution in [-0.4, -0.2) is 34.3 Å². The van der Waals surface area contributed by atoms with E-state index in [1.165, 1.54) is 12.8 Å². The Balaban J connectivity index is 2.11. The van der Waals surface area contributed by atoms with Gasteiger partial charge in [-0.15, -0.1) is 0 Å². The van der Waals surface area contributed by atoms with Crippen molar-refractivity contribution in [1.82, 2.24) is 10.2 Å². The standard InChI is InChI=1S/C16H28N2O2/c1-4-5-6-9-12-18-14(20)16(10-7-8-11-16)17-13(19)15(18,2)3/h4-12H2,1-3H3,(H,17,19). The zero-order chi connectivity index (χ0) is 14.8. The molecule has 1 aliphatic carbocycles. The summed E-state index contributed by atoms with van der Waals surface area (Å²) in [5, 5.41) is 3.03. The Morgan fingerprint density at radius 2 is 1.75 bits per heavy atom. The number of unbranched alkanes of at least 4 members (excludes halogenated alkanes) is 3. The fraction of sp³-hybridized carbons (Fsp3) is 0.875. The van der Waals surface area contributed by atoms with E-state index in [1.54, 1.807) is 0 Å². The van der Waals surface area contributed by atoms with Crippen LogP contribution in [0.25, 0.3) is 0 Å². The van der Waals surface area contributed by atoms with Crippen molar-refractivity contribution in [3.63, 3.8) is 0 Å². The number of nitrogens with one attached hydrogen (secondary N) is 1. The highest BCUT2D eigenvalue weighted by Crippen LogP contribution is 2.37. The maximum absolute atomic E-state index is 12.9.